The van der Waals surface area contributed by atoms with Gasteiger partial charge in [-0.3, -0.25) is 4.79 Å². The molecule has 2 aliphatic carbocycles. The third-order valence-corrected chi connectivity index (χ3v) is 6.84. The second-order valence-electron chi connectivity index (χ2n) is 8.15. The van der Waals surface area contributed by atoms with Gasteiger partial charge in [0.05, 0.1) is 18.1 Å². The summed E-state index contributed by atoms with van der Waals surface area (Å²) < 4.78 is 16.9. The van der Waals surface area contributed by atoms with Crippen molar-refractivity contribution in [1.82, 2.24) is 0 Å². The monoisotopic (exact) mass is 296 g/mol. The fourth-order valence-corrected chi connectivity index (χ4v) is 5.73. The van der Waals surface area contributed by atoms with Gasteiger partial charge in [-0.1, -0.05) is 6.92 Å². The maximum Gasteiger partial charge on any atom is 0.312 e. The number of ether oxygens (including phenoxy) is 3. The van der Waals surface area contributed by atoms with E-state index in [2.05, 4.69) is 0 Å². The van der Waals surface area contributed by atoms with Crippen molar-refractivity contribution in [1.29, 1.82) is 0 Å². The summed E-state index contributed by atoms with van der Waals surface area (Å²) in [5.41, 5.74) is -3.44. The summed E-state index contributed by atoms with van der Waals surface area (Å²) in [6.07, 6.45) is -0.364. The van der Waals surface area contributed by atoms with Crippen LogP contribution in [0, 0.1) is 17.3 Å². The molecule has 5 rings (SSSR count). The molecule has 3 aliphatic heterocycles. The van der Waals surface area contributed by atoms with Gasteiger partial charge in [-0.25, -0.2) is 0 Å². The molecule has 5 fully saturated rings. The van der Waals surface area contributed by atoms with Crippen molar-refractivity contribution in [2.75, 3.05) is 6.61 Å². The Morgan fingerprint density at radius 3 is 2.57 bits per heavy atom. The highest BCUT2D eigenvalue weighted by Crippen LogP contribution is 2.76. The molecule has 6 heteroatoms. The zero-order valence-corrected chi connectivity index (χ0v) is 12.3. The minimum absolute atomic E-state index is 0.123. The molecule has 0 aromatic heterocycles. The number of fused-ring (bicyclic) bond motifs is 8. The fraction of sp³-hybridized carbons (Fsp3) is 0.933. The molecule has 3 saturated heterocycles. The molecule has 1 spiro atoms. The number of epoxide rings is 2. The lowest BCUT2D eigenvalue weighted by Crippen LogP contribution is -2.66. The van der Waals surface area contributed by atoms with Crippen LogP contribution in [-0.2, 0) is 19.0 Å². The first-order valence-corrected chi connectivity index (χ1v) is 7.61. The van der Waals surface area contributed by atoms with E-state index in [9.17, 15) is 15.0 Å². The largest absolute Gasteiger partial charge is 0.462 e. The molecule has 0 amide bonds. The lowest BCUT2D eigenvalue weighted by atomic mass is 9.52. The molecule has 2 saturated carbocycles. The van der Waals surface area contributed by atoms with Crippen LogP contribution in [0.4, 0.5) is 0 Å². The molecule has 0 radical (unpaired) electrons. The molecule has 5 unspecified atom stereocenters. The van der Waals surface area contributed by atoms with Gasteiger partial charge in [0, 0.05) is 11.3 Å². The first kappa shape index (κ1) is 12.8. The maximum atomic E-state index is 12.4. The summed E-state index contributed by atoms with van der Waals surface area (Å²) in [7, 11) is 0. The standard InChI is InChI=1S/C15H20O6/c1-12(2,17)7-6-4-13(3)14(5-19-14)9-10(21-9)15(13,18)8(7)11(16)20-6/h6-10,17-18H,4-5H2,1-3H3/t6?,7?,8?,9?,10?,13-,14+,15-/m0/s1. The smallest absolute Gasteiger partial charge is 0.312 e. The van der Waals surface area contributed by atoms with Crippen LogP contribution in [0.5, 0.6) is 0 Å². The molecule has 8 atom stereocenters. The van der Waals surface area contributed by atoms with Crippen molar-refractivity contribution in [3.05, 3.63) is 0 Å². The Hall–Kier alpha value is -0.690. The van der Waals surface area contributed by atoms with Gasteiger partial charge in [-0.2, -0.15) is 0 Å². The van der Waals surface area contributed by atoms with Gasteiger partial charge in [0.15, 0.2) is 0 Å². The van der Waals surface area contributed by atoms with Crippen LogP contribution in [-0.4, -0.2) is 57.9 Å². The number of esters is 1. The molecular formula is C15H20O6. The van der Waals surface area contributed by atoms with Crippen LogP contribution in [0.2, 0.25) is 0 Å². The van der Waals surface area contributed by atoms with Crippen LogP contribution < -0.4 is 0 Å². The Morgan fingerprint density at radius 1 is 1.33 bits per heavy atom. The van der Waals surface area contributed by atoms with E-state index < -0.39 is 40.0 Å². The first-order chi connectivity index (χ1) is 9.67. The molecule has 21 heavy (non-hydrogen) atoms. The van der Waals surface area contributed by atoms with E-state index in [1.54, 1.807) is 13.8 Å². The van der Waals surface area contributed by atoms with Crippen molar-refractivity contribution >= 4 is 5.97 Å². The van der Waals surface area contributed by atoms with Gasteiger partial charge in [0.2, 0.25) is 0 Å². The van der Waals surface area contributed by atoms with Crippen LogP contribution in [0.1, 0.15) is 27.2 Å². The van der Waals surface area contributed by atoms with E-state index >= 15 is 0 Å². The Labute approximate surface area is 122 Å². The van der Waals surface area contributed by atoms with Crippen LogP contribution in [0.15, 0.2) is 0 Å². The molecule has 2 N–H and O–H groups in total. The van der Waals surface area contributed by atoms with E-state index in [1.165, 1.54) is 0 Å². The van der Waals surface area contributed by atoms with Crippen LogP contribution >= 0.6 is 0 Å². The Balaban J connectivity index is 1.70. The predicted octanol–water partition coefficient (Wildman–Crippen LogP) is -0.394. The number of carbonyl (C=O) groups is 1. The highest BCUT2D eigenvalue weighted by Gasteiger charge is 2.92. The van der Waals surface area contributed by atoms with Crippen molar-refractivity contribution in [2.45, 2.75) is 62.3 Å². The molecule has 6 nitrogen and oxygen atoms in total. The number of hydrogen-bond donors (Lipinski definition) is 2. The molecular weight excluding hydrogens is 276 g/mol. The SMILES string of the molecule is CC(C)(O)C1C2C[C@]3(C)[C@@](O)(C4OC4[C@]34CO4)C1C(=O)O2. The lowest BCUT2D eigenvalue weighted by molar-refractivity contribution is -0.209. The Kier molecular flexibility index (Phi) is 1.84. The van der Waals surface area contributed by atoms with Gasteiger partial charge in [-0.05, 0) is 20.3 Å². The van der Waals surface area contributed by atoms with Gasteiger partial charge in [0.1, 0.15) is 29.5 Å². The van der Waals surface area contributed by atoms with E-state index in [4.69, 9.17) is 14.2 Å². The lowest BCUT2D eigenvalue weighted by Gasteiger charge is -2.53. The number of rotatable bonds is 1. The van der Waals surface area contributed by atoms with E-state index in [-0.39, 0.29) is 18.3 Å². The molecule has 116 valence electrons. The number of hydrogen-bond acceptors (Lipinski definition) is 6. The molecule has 5 aliphatic rings. The van der Waals surface area contributed by atoms with Crippen LogP contribution in [0.3, 0.4) is 0 Å². The average molecular weight is 296 g/mol. The van der Waals surface area contributed by atoms with E-state index in [1.807, 2.05) is 6.92 Å². The van der Waals surface area contributed by atoms with Gasteiger partial charge in [-0.15, -0.1) is 0 Å². The van der Waals surface area contributed by atoms with Gasteiger partial charge < -0.3 is 24.4 Å². The second-order valence-corrected chi connectivity index (χ2v) is 8.15. The van der Waals surface area contributed by atoms with Gasteiger partial charge >= 0.3 is 5.97 Å². The third kappa shape index (κ3) is 1.08. The summed E-state index contributed by atoms with van der Waals surface area (Å²) in [4.78, 5) is 12.4. The molecule has 0 aromatic rings. The third-order valence-electron chi connectivity index (χ3n) is 6.84. The van der Waals surface area contributed by atoms with E-state index in [0.717, 1.165) is 0 Å². The highest BCUT2D eigenvalue weighted by molar-refractivity contribution is 5.79. The highest BCUT2D eigenvalue weighted by atomic mass is 16.7. The Bertz CT molecular complexity index is 563. The van der Waals surface area contributed by atoms with Crippen molar-refractivity contribution in [3.8, 4) is 0 Å². The number of aliphatic hydroxyl groups is 2. The first-order valence-electron chi connectivity index (χ1n) is 7.61. The minimum Gasteiger partial charge on any atom is -0.462 e. The summed E-state index contributed by atoms with van der Waals surface area (Å²) >= 11 is 0. The average Bonchev–Trinajstić information content (AvgIpc) is 3.18. The second kappa shape index (κ2) is 3.02. The molecule has 0 aromatic carbocycles. The summed E-state index contributed by atoms with van der Waals surface area (Å²) in [6, 6.07) is 0. The fourth-order valence-electron chi connectivity index (χ4n) is 5.73. The predicted molar refractivity (Wildman–Crippen MR) is 68.2 cm³/mol. The summed E-state index contributed by atoms with van der Waals surface area (Å²) in [5.74, 6) is -1.58. The minimum atomic E-state index is -1.32. The number of carbonyl (C=O) groups excluding carboxylic acids is 1. The van der Waals surface area contributed by atoms with Crippen molar-refractivity contribution in [2.24, 2.45) is 17.3 Å². The van der Waals surface area contributed by atoms with E-state index in [0.29, 0.717) is 13.0 Å². The summed E-state index contributed by atoms with van der Waals surface area (Å²) in [6.45, 7) is 5.90. The zero-order valence-electron chi connectivity index (χ0n) is 12.3. The normalized spacial score (nSPS) is 63.3. The summed E-state index contributed by atoms with van der Waals surface area (Å²) in [5, 5.41) is 22.0. The van der Waals surface area contributed by atoms with Gasteiger partial charge in [0.25, 0.3) is 0 Å². The topological polar surface area (TPSA) is 91.8 Å². The molecule has 2 bridgehead atoms. The quantitative estimate of drug-likeness (QED) is 0.505. The Morgan fingerprint density at radius 2 is 2.00 bits per heavy atom. The van der Waals surface area contributed by atoms with Crippen molar-refractivity contribution < 1.29 is 29.2 Å². The van der Waals surface area contributed by atoms with Crippen molar-refractivity contribution in [3.63, 3.8) is 0 Å². The zero-order chi connectivity index (χ0) is 15.0. The van der Waals surface area contributed by atoms with Crippen LogP contribution in [0.25, 0.3) is 0 Å². The molecule has 3 heterocycles. The maximum absolute atomic E-state index is 12.4.